The van der Waals surface area contributed by atoms with E-state index in [9.17, 15) is 0 Å². The third-order valence-corrected chi connectivity index (χ3v) is 4.38. The number of nitrogens with two attached hydrogens (primary N) is 1. The van der Waals surface area contributed by atoms with Crippen LogP contribution in [0.1, 0.15) is 12.5 Å². The fraction of sp³-hybridized carbons (Fsp3) is 0.200. The van der Waals surface area contributed by atoms with E-state index in [-0.39, 0.29) is 6.79 Å². The molecule has 0 atom stereocenters. The Morgan fingerprint density at radius 2 is 1.96 bits per heavy atom. The molecule has 0 aliphatic carbocycles. The van der Waals surface area contributed by atoms with Crippen molar-refractivity contribution in [3.05, 3.63) is 54.4 Å². The predicted molar refractivity (Wildman–Crippen MR) is 106 cm³/mol. The summed E-state index contributed by atoms with van der Waals surface area (Å²) in [7, 11) is 0. The lowest BCUT2D eigenvalue weighted by molar-refractivity contribution is 0.174. The summed E-state index contributed by atoms with van der Waals surface area (Å²) in [4.78, 5) is 10.8. The van der Waals surface area contributed by atoms with Crippen molar-refractivity contribution in [3.8, 4) is 11.5 Å². The minimum Gasteiger partial charge on any atom is -0.454 e. The molecule has 3 N–H and O–H groups in total. The van der Waals surface area contributed by atoms with Gasteiger partial charge in [0.15, 0.2) is 23.1 Å². The van der Waals surface area contributed by atoms with E-state index < -0.39 is 0 Å². The Bertz CT molecular complexity index is 976. The summed E-state index contributed by atoms with van der Waals surface area (Å²) in [5.41, 5.74) is 9.93. The summed E-state index contributed by atoms with van der Waals surface area (Å²) in [5, 5.41) is 3.25. The van der Waals surface area contributed by atoms with Crippen molar-refractivity contribution in [1.29, 1.82) is 0 Å². The zero-order chi connectivity index (χ0) is 18.8. The summed E-state index contributed by atoms with van der Waals surface area (Å²) < 4.78 is 10.8. The Kier molecular flexibility index (Phi) is 4.42. The number of aromatic nitrogens is 2. The van der Waals surface area contributed by atoms with Gasteiger partial charge in [-0.25, -0.2) is 9.97 Å². The van der Waals surface area contributed by atoms with E-state index in [2.05, 4.69) is 46.2 Å². The quantitative estimate of drug-likeness (QED) is 0.708. The second kappa shape index (κ2) is 7.03. The van der Waals surface area contributed by atoms with Gasteiger partial charge >= 0.3 is 0 Å². The Hall–Kier alpha value is -3.48. The van der Waals surface area contributed by atoms with E-state index in [1.54, 1.807) is 0 Å². The van der Waals surface area contributed by atoms with Crippen LogP contribution in [0, 0.1) is 6.92 Å². The maximum absolute atomic E-state index is 6.41. The van der Waals surface area contributed by atoms with Crippen molar-refractivity contribution >= 4 is 28.7 Å². The summed E-state index contributed by atoms with van der Waals surface area (Å²) in [6.45, 7) is 5.09. The highest BCUT2D eigenvalue weighted by Crippen LogP contribution is 2.37. The van der Waals surface area contributed by atoms with Crippen LogP contribution in [0.4, 0.5) is 28.7 Å². The largest absolute Gasteiger partial charge is 0.454 e. The van der Waals surface area contributed by atoms with Crippen LogP contribution in [-0.2, 0) is 0 Å². The van der Waals surface area contributed by atoms with Gasteiger partial charge in [0.25, 0.3) is 0 Å². The van der Waals surface area contributed by atoms with Gasteiger partial charge in [-0.2, -0.15) is 0 Å². The molecular formula is C20H21N5O2. The molecule has 7 heteroatoms. The summed E-state index contributed by atoms with van der Waals surface area (Å²) >= 11 is 0. The first-order chi connectivity index (χ1) is 13.2. The number of ether oxygens (including phenoxy) is 2. The maximum atomic E-state index is 6.41. The maximum Gasteiger partial charge on any atom is 0.231 e. The third kappa shape index (κ3) is 3.31. The van der Waals surface area contributed by atoms with E-state index in [0.717, 1.165) is 23.7 Å². The van der Waals surface area contributed by atoms with Crippen LogP contribution in [0.25, 0.3) is 0 Å². The number of nitrogens with zero attached hydrogens (tertiary/aromatic N) is 3. The Morgan fingerprint density at radius 3 is 2.78 bits per heavy atom. The zero-order valence-electron chi connectivity index (χ0n) is 15.3. The molecule has 27 heavy (non-hydrogen) atoms. The lowest BCUT2D eigenvalue weighted by Crippen LogP contribution is -2.20. The first-order valence-electron chi connectivity index (χ1n) is 8.77. The lowest BCUT2D eigenvalue weighted by atomic mass is 10.2. The molecule has 0 fully saturated rings. The minimum absolute atomic E-state index is 0.237. The van der Waals surface area contributed by atoms with Crippen LogP contribution >= 0.6 is 0 Å². The van der Waals surface area contributed by atoms with E-state index in [0.29, 0.717) is 23.1 Å². The molecular weight excluding hydrogens is 342 g/mol. The van der Waals surface area contributed by atoms with Crippen LogP contribution in [-0.4, -0.2) is 23.3 Å². The Labute approximate surface area is 157 Å². The molecule has 138 valence electrons. The highest BCUT2D eigenvalue weighted by atomic mass is 16.7. The molecule has 0 bridgehead atoms. The zero-order valence-corrected chi connectivity index (χ0v) is 15.3. The van der Waals surface area contributed by atoms with Crippen molar-refractivity contribution in [1.82, 2.24) is 9.97 Å². The number of anilines is 5. The normalized spacial score (nSPS) is 12.1. The van der Waals surface area contributed by atoms with Crippen molar-refractivity contribution in [3.63, 3.8) is 0 Å². The highest BCUT2D eigenvalue weighted by molar-refractivity contribution is 5.81. The van der Waals surface area contributed by atoms with E-state index >= 15 is 0 Å². The summed E-state index contributed by atoms with van der Waals surface area (Å²) in [6, 6.07) is 13.9. The van der Waals surface area contributed by atoms with Gasteiger partial charge in [0.1, 0.15) is 12.0 Å². The standard InChI is InChI=1S/C20H21N5O2/c1-3-25(15-6-4-5-13(2)9-15)20-18(21)19(22-11-23-20)24-14-7-8-16-17(10-14)27-12-26-16/h4-11H,3,12,21H2,1-2H3,(H,22,23,24). The molecule has 0 saturated carbocycles. The SMILES string of the molecule is CCN(c1cccc(C)c1)c1ncnc(Nc2ccc3c(c2)OCO3)c1N. The molecule has 0 saturated heterocycles. The first kappa shape index (κ1) is 17.0. The molecule has 0 spiro atoms. The molecule has 3 aromatic rings. The number of rotatable bonds is 5. The van der Waals surface area contributed by atoms with Gasteiger partial charge in [-0.15, -0.1) is 0 Å². The van der Waals surface area contributed by atoms with Crippen LogP contribution < -0.4 is 25.4 Å². The van der Waals surface area contributed by atoms with Gasteiger partial charge in [0.05, 0.1) is 0 Å². The lowest BCUT2D eigenvalue weighted by Gasteiger charge is -2.24. The average Bonchev–Trinajstić information content (AvgIpc) is 3.13. The van der Waals surface area contributed by atoms with Gasteiger partial charge in [0, 0.05) is 24.0 Å². The van der Waals surface area contributed by atoms with Gasteiger partial charge < -0.3 is 25.4 Å². The number of aryl methyl sites for hydroxylation is 1. The summed E-state index contributed by atoms with van der Waals surface area (Å²) in [5.74, 6) is 2.64. The van der Waals surface area contributed by atoms with Crippen molar-refractivity contribution in [2.45, 2.75) is 13.8 Å². The molecule has 1 aliphatic rings. The number of nitrogen functional groups attached to an aromatic ring is 1. The van der Waals surface area contributed by atoms with Gasteiger partial charge in [-0.3, -0.25) is 0 Å². The van der Waals surface area contributed by atoms with Crippen molar-refractivity contribution in [2.75, 3.05) is 29.3 Å². The molecule has 2 aromatic carbocycles. The van der Waals surface area contributed by atoms with Crippen LogP contribution in [0.5, 0.6) is 11.5 Å². The molecule has 1 aliphatic heterocycles. The number of hydrogen-bond acceptors (Lipinski definition) is 7. The van der Waals surface area contributed by atoms with Crippen molar-refractivity contribution in [2.24, 2.45) is 0 Å². The highest BCUT2D eigenvalue weighted by Gasteiger charge is 2.17. The first-order valence-corrected chi connectivity index (χ1v) is 8.77. The Morgan fingerprint density at radius 1 is 1.11 bits per heavy atom. The molecule has 0 radical (unpaired) electrons. The fourth-order valence-corrected chi connectivity index (χ4v) is 3.06. The molecule has 0 unspecified atom stereocenters. The number of fused-ring (bicyclic) bond motifs is 1. The van der Waals surface area contributed by atoms with E-state index in [4.69, 9.17) is 15.2 Å². The van der Waals surface area contributed by atoms with Crippen molar-refractivity contribution < 1.29 is 9.47 Å². The monoisotopic (exact) mass is 363 g/mol. The molecule has 4 rings (SSSR count). The number of hydrogen-bond donors (Lipinski definition) is 2. The summed E-state index contributed by atoms with van der Waals surface area (Å²) in [6.07, 6.45) is 1.51. The van der Waals surface area contributed by atoms with Gasteiger partial charge in [-0.05, 0) is 43.7 Å². The van der Waals surface area contributed by atoms with Crippen LogP contribution in [0.3, 0.4) is 0 Å². The van der Waals surface area contributed by atoms with E-state index in [1.807, 2.05) is 30.3 Å². The predicted octanol–water partition coefficient (Wildman–Crippen LogP) is 4.00. The minimum atomic E-state index is 0.237. The van der Waals surface area contributed by atoms with Gasteiger partial charge in [0.2, 0.25) is 6.79 Å². The average molecular weight is 363 g/mol. The second-order valence-electron chi connectivity index (χ2n) is 6.24. The second-order valence-corrected chi connectivity index (χ2v) is 6.24. The van der Waals surface area contributed by atoms with Crippen LogP contribution in [0.15, 0.2) is 48.8 Å². The van der Waals surface area contributed by atoms with Crippen LogP contribution in [0.2, 0.25) is 0 Å². The molecule has 7 nitrogen and oxygen atoms in total. The third-order valence-electron chi connectivity index (χ3n) is 4.38. The van der Waals surface area contributed by atoms with E-state index in [1.165, 1.54) is 11.9 Å². The molecule has 2 heterocycles. The Balaban J connectivity index is 1.66. The number of nitrogens with one attached hydrogen (secondary N) is 1. The molecule has 1 aromatic heterocycles. The fourth-order valence-electron chi connectivity index (χ4n) is 3.06. The molecule has 0 amide bonds. The topological polar surface area (TPSA) is 85.5 Å². The van der Waals surface area contributed by atoms with Gasteiger partial charge in [-0.1, -0.05) is 12.1 Å². The smallest absolute Gasteiger partial charge is 0.231 e. The number of benzene rings is 2.